The smallest absolute Gasteiger partial charge is 0.259 e. The molecule has 1 aromatic carbocycles. The van der Waals surface area contributed by atoms with Crippen molar-refractivity contribution in [1.82, 2.24) is 4.98 Å². The van der Waals surface area contributed by atoms with E-state index in [0.717, 1.165) is 36.5 Å². The van der Waals surface area contributed by atoms with Crippen molar-refractivity contribution < 1.29 is 9.53 Å². The predicted molar refractivity (Wildman–Crippen MR) is 92.1 cm³/mol. The standard InChI is InChI=1S/C15H16Cl2N2O2S/c1-2-3-8-21-11-6-4-10(5-7-11)12-9-22-15(18-12)19-14(20)13(16)17/h4-7,9,13H,2-3,8H2,1H3,(H,18,19,20). The van der Waals surface area contributed by atoms with Crippen LogP contribution >= 0.6 is 34.5 Å². The first kappa shape index (κ1) is 17.1. The number of carbonyl (C=O) groups is 1. The number of ether oxygens (including phenoxy) is 1. The number of benzene rings is 1. The van der Waals surface area contributed by atoms with Crippen molar-refractivity contribution in [3.63, 3.8) is 0 Å². The molecule has 7 heteroatoms. The minimum Gasteiger partial charge on any atom is -0.494 e. The molecule has 4 nitrogen and oxygen atoms in total. The highest BCUT2D eigenvalue weighted by Gasteiger charge is 2.13. The third-order valence-electron chi connectivity index (χ3n) is 2.85. The molecule has 0 fully saturated rings. The Labute approximate surface area is 143 Å². The van der Waals surface area contributed by atoms with Gasteiger partial charge in [0.15, 0.2) is 9.97 Å². The Morgan fingerprint density at radius 2 is 2.09 bits per heavy atom. The van der Waals surface area contributed by atoms with Crippen LogP contribution in [-0.2, 0) is 4.79 Å². The van der Waals surface area contributed by atoms with Gasteiger partial charge < -0.3 is 4.74 Å². The van der Waals surface area contributed by atoms with E-state index >= 15 is 0 Å². The maximum Gasteiger partial charge on any atom is 0.259 e. The molecule has 0 saturated carbocycles. The average molecular weight is 359 g/mol. The zero-order chi connectivity index (χ0) is 15.9. The molecule has 118 valence electrons. The quantitative estimate of drug-likeness (QED) is 0.574. The Morgan fingerprint density at radius 3 is 2.73 bits per heavy atom. The van der Waals surface area contributed by atoms with Gasteiger partial charge >= 0.3 is 0 Å². The molecule has 0 saturated heterocycles. The number of aromatic nitrogens is 1. The lowest BCUT2D eigenvalue weighted by atomic mass is 10.2. The van der Waals surface area contributed by atoms with Gasteiger partial charge in [-0.2, -0.15) is 0 Å². The third-order valence-corrected chi connectivity index (χ3v) is 4.00. The van der Waals surface area contributed by atoms with E-state index in [0.29, 0.717) is 5.13 Å². The van der Waals surface area contributed by atoms with Gasteiger partial charge in [0.05, 0.1) is 12.3 Å². The van der Waals surface area contributed by atoms with Crippen LogP contribution in [0, 0.1) is 0 Å². The van der Waals surface area contributed by atoms with Crippen LogP contribution in [-0.4, -0.2) is 22.3 Å². The number of hydrogen-bond donors (Lipinski definition) is 1. The number of alkyl halides is 2. The van der Waals surface area contributed by atoms with Gasteiger partial charge in [0.1, 0.15) is 5.75 Å². The fourth-order valence-corrected chi connectivity index (χ4v) is 2.51. The molecule has 2 aromatic rings. The first-order valence-corrected chi connectivity index (χ1v) is 8.63. The molecular weight excluding hydrogens is 343 g/mol. The number of hydrogen-bond acceptors (Lipinski definition) is 4. The van der Waals surface area contributed by atoms with E-state index in [1.54, 1.807) is 0 Å². The van der Waals surface area contributed by atoms with Crippen molar-refractivity contribution in [2.24, 2.45) is 0 Å². The lowest BCUT2D eigenvalue weighted by Gasteiger charge is -2.05. The summed E-state index contributed by atoms with van der Waals surface area (Å²) in [7, 11) is 0. The van der Waals surface area contributed by atoms with E-state index in [1.165, 1.54) is 11.3 Å². The normalized spacial score (nSPS) is 10.7. The summed E-state index contributed by atoms with van der Waals surface area (Å²) in [4.78, 5) is 14.6. The molecule has 0 spiro atoms. The van der Waals surface area contributed by atoms with E-state index in [4.69, 9.17) is 27.9 Å². The molecule has 0 aliphatic rings. The molecule has 0 aliphatic carbocycles. The second kappa shape index (κ2) is 8.36. The summed E-state index contributed by atoms with van der Waals surface area (Å²) in [5.41, 5.74) is 1.73. The van der Waals surface area contributed by atoms with Crippen LogP contribution in [0.3, 0.4) is 0 Å². The minimum atomic E-state index is -1.10. The van der Waals surface area contributed by atoms with Crippen LogP contribution in [0.5, 0.6) is 5.75 Å². The molecule has 1 N–H and O–H groups in total. The van der Waals surface area contributed by atoms with E-state index in [1.807, 2.05) is 29.6 Å². The monoisotopic (exact) mass is 358 g/mol. The van der Waals surface area contributed by atoms with Crippen molar-refractivity contribution in [2.75, 3.05) is 11.9 Å². The number of halogens is 2. The SMILES string of the molecule is CCCCOc1ccc(-c2csc(NC(=O)C(Cl)Cl)n2)cc1. The second-order valence-electron chi connectivity index (χ2n) is 4.55. The zero-order valence-electron chi connectivity index (χ0n) is 12.0. The summed E-state index contributed by atoms with van der Waals surface area (Å²) in [5.74, 6) is 0.358. The van der Waals surface area contributed by atoms with Gasteiger partial charge in [0.25, 0.3) is 5.91 Å². The summed E-state index contributed by atoms with van der Waals surface area (Å²) in [6.45, 7) is 2.85. The lowest BCUT2D eigenvalue weighted by molar-refractivity contribution is -0.114. The van der Waals surface area contributed by atoms with Crippen molar-refractivity contribution in [1.29, 1.82) is 0 Å². The number of nitrogens with zero attached hydrogens (tertiary/aromatic N) is 1. The number of amides is 1. The van der Waals surface area contributed by atoms with Gasteiger partial charge in [0.2, 0.25) is 0 Å². The number of anilines is 1. The molecule has 0 radical (unpaired) electrons. The Hall–Kier alpha value is -1.30. The van der Waals surface area contributed by atoms with Crippen LogP contribution in [0.4, 0.5) is 5.13 Å². The first-order chi connectivity index (χ1) is 10.6. The molecule has 0 bridgehead atoms. The van der Waals surface area contributed by atoms with Crippen molar-refractivity contribution in [3.8, 4) is 17.0 Å². The molecule has 1 amide bonds. The van der Waals surface area contributed by atoms with Crippen LogP contribution in [0.1, 0.15) is 19.8 Å². The molecule has 2 rings (SSSR count). The molecular formula is C15H16Cl2N2O2S. The Morgan fingerprint density at radius 1 is 1.36 bits per heavy atom. The second-order valence-corrected chi connectivity index (χ2v) is 6.51. The van der Waals surface area contributed by atoms with E-state index in [-0.39, 0.29) is 0 Å². The van der Waals surface area contributed by atoms with Crippen LogP contribution < -0.4 is 10.1 Å². The summed E-state index contributed by atoms with van der Waals surface area (Å²) >= 11 is 12.3. The van der Waals surface area contributed by atoms with Crippen LogP contribution in [0.2, 0.25) is 0 Å². The molecule has 0 unspecified atom stereocenters. The van der Waals surface area contributed by atoms with Gasteiger partial charge in [-0.15, -0.1) is 11.3 Å². The molecule has 1 heterocycles. The van der Waals surface area contributed by atoms with Crippen LogP contribution in [0.15, 0.2) is 29.6 Å². The van der Waals surface area contributed by atoms with Gasteiger partial charge in [-0.3, -0.25) is 10.1 Å². The maximum absolute atomic E-state index is 11.4. The highest BCUT2D eigenvalue weighted by molar-refractivity contribution is 7.14. The Bertz CT molecular complexity index is 614. The Kier molecular flexibility index (Phi) is 6.49. The lowest BCUT2D eigenvalue weighted by Crippen LogP contribution is -2.18. The van der Waals surface area contributed by atoms with E-state index in [9.17, 15) is 4.79 Å². The highest BCUT2D eigenvalue weighted by Crippen LogP contribution is 2.27. The van der Waals surface area contributed by atoms with E-state index < -0.39 is 10.7 Å². The summed E-state index contributed by atoms with van der Waals surface area (Å²) < 4.78 is 5.62. The molecule has 22 heavy (non-hydrogen) atoms. The number of nitrogens with one attached hydrogen (secondary N) is 1. The molecule has 0 atom stereocenters. The first-order valence-electron chi connectivity index (χ1n) is 6.88. The minimum absolute atomic E-state index is 0.467. The van der Waals surface area contributed by atoms with Gasteiger partial charge in [-0.25, -0.2) is 4.98 Å². The topological polar surface area (TPSA) is 51.2 Å². The molecule has 1 aromatic heterocycles. The number of carbonyl (C=O) groups excluding carboxylic acids is 1. The summed E-state index contributed by atoms with van der Waals surface area (Å²) in [6.07, 6.45) is 2.15. The van der Waals surface area contributed by atoms with Gasteiger partial charge in [0, 0.05) is 10.9 Å². The zero-order valence-corrected chi connectivity index (χ0v) is 14.3. The summed E-state index contributed by atoms with van der Waals surface area (Å²) in [5, 5.41) is 4.89. The number of unbranched alkanes of at least 4 members (excludes halogenated alkanes) is 1. The fourth-order valence-electron chi connectivity index (χ4n) is 1.68. The summed E-state index contributed by atoms with van der Waals surface area (Å²) in [6, 6.07) is 7.70. The third kappa shape index (κ3) is 4.87. The van der Waals surface area contributed by atoms with Crippen LogP contribution in [0.25, 0.3) is 11.3 Å². The highest BCUT2D eigenvalue weighted by atomic mass is 35.5. The van der Waals surface area contributed by atoms with Gasteiger partial charge in [-0.1, -0.05) is 36.5 Å². The van der Waals surface area contributed by atoms with Gasteiger partial charge in [-0.05, 0) is 30.7 Å². The fraction of sp³-hybridized carbons (Fsp3) is 0.333. The van der Waals surface area contributed by atoms with Crippen molar-refractivity contribution in [3.05, 3.63) is 29.6 Å². The Balaban J connectivity index is 2.00. The van der Waals surface area contributed by atoms with Crippen molar-refractivity contribution in [2.45, 2.75) is 24.6 Å². The predicted octanol–water partition coefficient (Wildman–Crippen LogP) is 4.73. The van der Waals surface area contributed by atoms with E-state index in [2.05, 4.69) is 17.2 Å². The number of thiazole rings is 1. The maximum atomic E-state index is 11.4. The molecule has 0 aliphatic heterocycles. The average Bonchev–Trinajstić information content (AvgIpc) is 2.96. The largest absolute Gasteiger partial charge is 0.494 e. The number of rotatable bonds is 7. The van der Waals surface area contributed by atoms with Crippen molar-refractivity contribution >= 4 is 45.6 Å².